The summed E-state index contributed by atoms with van der Waals surface area (Å²) in [5.74, 6) is 3.64. The summed E-state index contributed by atoms with van der Waals surface area (Å²) < 4.78 is 0. The van der Waals surface area contributed by atoms with E-state index in [1.165, 1.54) is 12.8 Å². The van der Waals surface area contributed by atoms with Crippen molar-refractivity contribution in [3.05, 3.63) is 30.4 Å². The van der Waals surface area contributed by atoms with Crippen LogP contribution in [0, 0.1) is 17.8 Å². The first-order valence-electron chi connectivity index (χ1n) is 6.73. The quantitative estimate of drug-likeness (QED) is 0.762. The molecular weight excluding hydrogens is 210 g/mol. The third-order valence-electron chi connectivity index (χ3n) is 4.36. The van der Waals surface area contributed by atoms with Gasteiger partial charge in [-0.25, -0.2) is 4.98 Å². The van der Waals surface area contributed by atoms with Crippen molar-refractivity contribution in [1.82, 2.24) is 15.3 Å². The number of hydrogen-bond acceptors (Lipinski definition) is 2. The first-order chi connectivity index (χ1) is 8.33. The standard InChI is InChI=1S/C14H21N3/c1-10(13-9-11-2-3-12(13)8-11)15-5-4-14-16-6-7-17-14/h2-3,6-7,10-13,15H,4-5,8-9H2,1H3,(H,16,17). The molecule has 0 radical (unpaired) electrons. The molecule has 2 aliphatic rings. The minimum absolute atomic E-state index is 0.630. The minimum Gasteiger partial charge on any atom is -0.349 e. The molecule has 3 nitrogen and oxygen atoms in total. The number of aromatic nitrogens is 2. The second-order valence-electron chi connectivity index (χ2n) is 5.47. The van der Waals surface area contributed by atoms with Gasteiger partial charge in [-0.1, -0.05) is 12.2 Å². The summed E-state index contributed by atoms with van der Waals surface area (Å²) in [5, 5.41) is 3.65. The fourth-order valence-corrected chi connectivity index (χ4v) is 3.40. The molecule has 0 spiro atoms. The van der Waals surface area contributed by atoms with Crippen LogP contribution in [0.3, 0.4) is 0 Å². The van der Waals surface area contributed by atoms with E-state index in [1.807, 2.05) is 12.4 Å². The van der Waals surface area contributed by atoms with Crippen LogP contribution in [0.4, 0.5) is 0 Å². The summed E-state index contributed by atoms with van der Waals surface area (Å²) in [6, 6.07) is 0.630. The van der Waals surface area contributed by atoms with Gasteiger partial charge in [-0.3, -0.25) is 0 Å². The van der Waals surface area contributed by atoms with Gasteiger partial charge in [0.2, 0.25) is 0 Å². The monoisotopic (exact) mass is 231 g/mol. The van der Waals surface area contributed by atoms with Crippen LogP contribution in [0.5, 0.6) is 0 Å². The highest BCUT2D eigenvalue weighted by Crippen LogP contribution is 2.44. The summed E-state index contributed by atoms with van der Waals surface area (Å²) >= 11 is 0. The second kappa shape index (κ2) is 4.65. The molecule has 1 aromatic rings. The number of allylic oxidation sites excluding steroid dienone is 2. The van der Waals surface area contributed by atoms with Gasteiger partial charge in [-0.05, 0) is 37.5 Å². The first-order valence-corrected chi connectivity index (χ1v) is 6.73. The van der Waals surface area contributed by atoms with Crippen LogP contribution in [0.15, 0.2) is 24.5 Å². The Kier molecular flexibility index (Phi) is 3.02. The molecule has 4 unspecified atom stereocenters. The van der Waals surface area contributed by atoms with Crippen molar-refractivity contribution >= 4 is 0 Å². The average molecular weight is 231 g/mol. The maximum absolute atomic E-state index is 4.24. The van der Waals surface area contributed by atoms with Crippen molar-refractivity contribution < 1.29 is 0 Å². The van der Waals surface area contributed by atoms with E-state index < -0.39 is 0 Å². The van der Waals surface area contributed by atoms with E-state index in [4.69, 9.17) is 0 Å². The van der Waals surface area contributed by atoms with Crippen molar-refractivity contribution in [3.63, 3.8) is 0 Å². The smallest absolute Gasteiger partial charge is 0.107 e. The Morgan fingerprint density at radius 1 is 1.47 bits per heavy atom. The molecule has 1 saturated carbocycles. The zero-order valence-electron chi connectivity index (χ0n) is 10.4. The molecule has 0 aliphatic heterocycles. The molecule has 4 atom stereocenters. The molecule has 0 saturated heterocycles. The molecule has 92 valence electrons. The number of aromatic amines is 1. The number of H-pyrrole nitrogens is 1. The number of rotatable bonds is 5. The Bertz CT molecular complexity index is 382. The highest BCUT2D eigenvalue weighted by atomic mass is 14.9. The van der Waals surface area contributed by atoms with E-state index >= 15 is 0 Å². The van der Waals surface area contributed by atoms with Crippen molar-refractivity contribution in [2.75, 3.05) is 6.54 Å². The lowest BCUT2D eigenvalue weighted by Crippen LogP contribution is -2.36. The van der Waals surface area contributed by atoms with Crippen LogP contribution in [0.25, 0.3) is 0 Å². The Labute approximate surface area is 103 Å². The molecule has 3 heteroatoms. The van der Waals surface area contributed by atoms with Gasteiger partial charge in [0.15, 0.2) is 0 Å². The van der Waals surface area contributed by atoms with Gasteiger partial charge in [0.05, 0.1) is 0 Å². The maximum atomic E-state index is 4.24. The van der Waals surface area contributed by atoms with Crippen LogP contribution in [0.1, 0.15) is 25.6 Å². The third kappa shape index (κ3) is 2.29. The Balaban J connectivity index is 1.45. The average Bonchev–Trinajstić information content (AvgIpc) is 3.05. The van der Waals surface area contributed by atoms with E-state index in [0.717, 1.165) is 36.5 Å². The van der Waals surface area contributed by atoms with Gasteiger partial charge in [0, 0.05) is 31.4 Å². The van der Waals surface area contributed by atoms with Gasteiger partial charge in [0.25, 0.3) is 0 Å². The fraction of sp³-hybridized carbons (Fsp3) is 0.643. The Morgan fingerprint density at radius 3 is 3.06 bits per heavy atom. The SMILES string of the molecule is CC(NCCc1ncc[nH]1)C1CC2C=CC1C2. The van der Waals surface area contributed by atoms with Gasteiger partial charge < -0.3 is 10.3 Å². The summed E-state index contributed by atoms with van der Waals surface area (Å²) in [6.45, 7) is 3.35. The highest BCUT2D eigenvalue weighted by Gasteiger charge is 2.38. The molecule has 2 aliphatic carbocycles. The van der Waals surface area contributed by atoms with Crippen LogP contribution in [-0.2, 0) is 6.42 Å². The molecule has 1 fully saturated rings. The number of nitrogens with zero attached hydrogens (tertiary/aromatic N) is 1. The molecule has 2 bridgehead atoms. The highest BCUT2D eigenvalue weighted by molar-refractivity contribution is 5.11. The summed E-state index contributed by atoms with van der Waals surface area (Å²) in [4.78, 5) is 7.39. The Hall–Kier alpha value is -1.09. The molecule has 0 amide bonds. The molecule has 0 aromatic carbocycles. The van der Waals surface area contributed by atoms with E-state index in [1.54, 1.807) is 0 Å². The summed E-state index contributed by atoms with van der Waals surface area (Å²) in [7, 11) is 0. The van der Waals surface area contributed by atoms with Gasteiger partial charge in [-0.2, -0.15) is 0 Å². The predicted molar refractivity (Wildman–Crippen MR) is 68.6 cm³/mol. The van der Waals surface area contributed by atoms with E-state index in [2.05, 4.69) is 34.4 Å². The fourth-order valence-electron chi connectivity index (χ4n) is 3.40. The minimum atomic E-state index is 0.630. The zero-order valence-corrected chi connectivity index (χ0v) is 10.4. The van der Waals surface area contributed by atoms with Gasteiger partial charge >= 0.3 is 0 Å². The van der Waals surface area contributed by atoms with Gasteiger partial charge in [-0.15, -0.1) is 0 Å². The summed E-state index contributed by atoms with van der Waals surface area (Å²) in [5.41, 5.74) is 0. The van der Waals surface area contributed by atoms with Crippen LogP contribution in [0.2, 0.25) is 0 Å². The third-order valence-corrected chi connectivity index (χ3v) is 4.36. The van der Waals surface area contributed by atoms with Crippen molar-refractivity contribution in [1.29, 1.82) is 0 Å². The lowest BCUT2D eigenvalue weighted by atomic mass is 9.87. The molecule has 3 rings (SSSR count). The van der Waals surface area contributed by atoms with Crippen molar-refractivity contribution in [3.8, 4) is 0 Å². The first kappa shape index (κ1) is 11.0. The Morgan fingerprint density at radius 2 is 2.41 bits per heavy atom. The lowest BCUT2D eigenvalue weighted by molar-refractivity contribution is 0.329. The maximum Gasteiger partial charge on any atom is 0.107 e. The number of fused-ring (bicyclic) bond motifs is 2. The number of hydrogen-bond donors (Lipinski definition) is 2. The molecule has 1 heterocycles. The van der Waals surface area contributed by atoms with Crippen LogP contribution < -0.4 is 5.32 Å². The molecular formula is C14H21N3. The molecule has 2 N–H and O–H groups in total. The molecule has 1 aromatic heterocycles. The van der Waals surface area contributed by atoms with E-state index in [-0.39, 0.29) is 0 Å². The topological polar surface area (TPSA) is 40.7 Å². The van der Waals surface area contributed by atoms with Crippen LogP contribution >= 0.6 is 0 Å². The largest absolute Gasteiger partial charge is 0.349 e. The summed E-state index contributed by atoms with van der Waals surface area (Å²) in [6.07, 6.45) is 12.3. The normalized spacial score (nSPS) is 32.2. The van der Waals surface area contributed by atoms with E-state index in [0.29, 0.717) is 6.04 Å². The number of imidazole rings is 1. The lowest BCUT2D eigenvalue weighted by Gasteiger charge is -2.26. The molecule has 17 heavy (non-hydrogen) atoms. The van der Waals surface area contributed by atoms with Crippen molar-refractivity contribution in [2.45, 2.75) is 32.2 Å². The predicted octanol–water partition coefficient (Wildman–Crippen LogP) is 2.14. The number of nitrogens with one attached hydrogen (secondary N) is 2. The van der Waals surface area contributed by atoms with E-state index in [9.17, 15) is 0 Å². The van der Waals surface area contributed by atoms with Crippen LogP contribution in [-0.4, -0.2) is 22.6 Å². The van der Waals surface area contributed by atoms with Crippen molar-refractivity contribution in [2.24, 2.45) is 17.8 Å². The second-order valence-corrected chi connectivity index (χ2v) is 5.47. The van der Waals surface area contributed by atoms with Gasteiger partial charge in [0.1, 0.15) is 5.82 Å². The zero-order chi connectivity index (χ0) is 11.7.